The van der Waals surface area contributed by atoms with E-state index in [1.165, 1.54) is 5.56 Å². The highest BCUT2D eigenvalue weighted by Gasteiger charge is 2.09. The van der Waals surface area contributed by atoms with Crippen molar-refractivity contribution in [2.24, 2.45) is 0 Å². The maximum atomic E-state index is 9.45. The summed E-state index contributed by atoms with van der Waals surface area (Å²) < 4.78 is 0. The van der Waals surface area contributed by atoms with Crippen molar-refractivity contribution in [3.05, 3.63) is 66.2 Å². The summed E-state index contributed by atoms with van der Waals surface area (Å²) in [6.07, 6.45) is 0.730. The van der Waals surface area contributed by atoms with Crippen LogP contribution in [-0.4, -0.2) is 22.9 Å². The molecule has 20 heavy (non-hydrogen) atoms. The van der Waals surface area contributed by atoms with Crippen LogP contribution in [0.5, 0.6) is 0 Å². The van der Waals surface area contributed by atoms with Gasteiger partial charge in [-0.2, -0.15) is 0 Å². The fourth-order valence-electron chi connectivity index (χ4n) is 1.93. The summed E-state index contributed by atoms with van der Waals surface area (Å²) in [4.78, 5) is 0. The van der Waals surface area contributed by atoms with Crippen molar-refractivity contribution in [3.63, 3.8) is 0 Å². The molecule has 0 saturated heterocycles. The number of hydrogen-bond donors (Lipinski definition) is 3. The van der Waals surface area contributed by atoms with Gasteiger partial charge in [-0.15, -0.1) is 0 Å². The number of thiocarbonyl (C=S) groups is 1. The average Bonchev–Trinajstić information content (AvgIpc) is 2.48. The number of anilines is 1. The smallest absolute Gasteiger partial charge is 0.171 e. The van der Waals surface area contributed by atoms with E-state index in [4.69, 9.17) is 12.2 Å². The van der Waals surface area contributed by atoms with E-state index in [0.717, 1.165) is 12.1 Å². The van der Waals surface area contributed by atoms with Crippen LogP contribution < -0.4 is 10.6 Å². The lowest BCUT2D eigenvalue weighted by molar-refractivity contribution is 0.255. The molecule has 1 atom stereocenters. The third kappa shape index (κ3) is 4.64. The minimum absolute atomic E-state index is 0.0332. The van der Waals surface area contributed by atoms with Crippen LogP contribution in [0.4, 0.5) is 5.69 Å². The molecule has 2 aromatic carbocycles. The standard InChI is InChI=1S/C16H18N2OS/c19-12-15(11-13-7-3-1-4-8-13)18-16(20)17-14-9-5-2-6-10-14/h1-10,15,19H,11-12H2,(H2,17,18,20)/t15-/m0/s1. The van der Waals surface area contributed by atoms with E-state index in [1.54, 1.807) is 0 Å². The molecule has 0 bridgehead atoms. The summed E-state index contributed by atoms with van der Waals surface area (Å²) >= 11 is 5.26. The molecule has 0 fully saturated rings. The summed E-state index contributed by atoms with van der Waals surface area (Å²) in [5, 5.41) is 16.2. The van der Waals surface area contributed by atoms with E-state index in [2.05, 4.69) is 10.6 Å². The molecule has 0 heterocycles. The quantitative estimate of drug-likeness (QED) is 0.739. The van der Waals surface area contributed by atoms with Gasteiger partial charge in [-0.05, 0) is 36.3 Å². The molecule has 3 nitrogen and oxygen atoms in total. The van der Waals surface area contributed by atoms with Gasteiger partial charge in [0.2, 0.25) is 0 Å². The topological polar surface area (TPSA) is 44.3 Å². The second-order valence-electron chi connectivity index (χ2n) is 4.53. The first-order valence-electron chi connectivity index (χ1n) is 6.55. The molecule has 4 heteroatoms. The van der Waals surface area contributed by atoms with Gasteiger partial charge in [0.15, 0.2) is 5.11 Å². The van der Waals surface area contributed by atoms with Crippen LogP contribution in [-0.2, 0) is 6.42 Å². The molecule has 0 saturated carbocycles. The van der Waals surface area contributed by atoms with Gasteiger partial charge in [-0.3, -0.25) is 0 Å². The zero-order chi connectivity index (χ0) is 14.2. The van der Waals surface area contributed by atoms with Gasteiger partial charge < -0.3 is 15.7 Å². The van der Waals surface area contributed by atoms with Gasteiger partial charge in [0.1, 0.15) is 0 Å². The zero-order valence-electron chi connectivity index (χ0n) is 11.1. The Bertz CT molecular complexity index is 531. The minimum Gasteiger partial charge on any atom is -0.394 e. The van der Waals surface area contributed by atoms with Crippen molar-refractivity contribution in [1.82, 2.24) is 5.32 Å². The Morgan fingerprint density at radius 2 is 1.60 bits per heavy atom. The van der Waals surface area contributed by atoms with E-state index >= 15 is 0 Å². The van der Waals surface area contributed by atoms with Crippen molar-refractivity contribution < 1.29 is 5.11 Å². The first-order valence-corrected chi connectivity index (χ1v) is 6.96. The van der Waals surface area contributed by atoms with Gasteiger partial charge in [0.05, 0.1) is 12.6 Å². The molecular weight excluding hydrogens is 268 g/mol. The van der Waals surface area contributed by atoms with Gasteiger partial charge in [-0.1, -0.05) is 48.5 Å². The van der Waals surface area contributed by atoms with Gasteiger partial charge >= 0.3 is 0 Å². The summed E-state index contributed by atoms with van der Waals surface area (Å²) in [7, 11) is 0. The lowest BCUT2D eigenvalue weighted by Crippen LogP contribution is -2.41. The second kappa shape index (κ2) is 7.62. The first-order chi connectivity index (χ1) is 9.78. The Labute approximate surface area is 124 Å². The van der Waals surface area contributed by atoms with E-state index in [0.29, 0.717) is 5.11 Å². The lowest BCUT2D eigenvalue weighted by Gasteiger charge is -2.19. The number of aliphatic hydroxyl groups excluding tert-OH is 1. The molecule has 104 valence electrons. The summed E-state index contributed by atoms with van der Waals surface area (Å²) in [5.41, 5.74) is 2.10. The average molecular weight is 286 g/mol. The van der Waals surface area contributed by atoms with E-state index in [1.807, 2.05) is 60.7 Å². The highest BCUT2D eigenvalue weighted by Crippen LogP contribution is 2.06. The number of benzene rings is 2. The number of hydrogen-bond acceptors (Lipinski definition) is 2. The Morgan fingerprint density at radius 3 is 2.20 bits per heavy atom. The van der Waals surface area contributed by atoms with Crippen LogP contribution in [0.15, 0.2) is 60.7 Å². The minimum atomic E-state index is -0.0962. The third-order valence-corrected chi connectivity index (χ3v) is 3.13. The van der Waals surface area contributed by atoms with Crippen LogP contribution >= 0.6 is 12.2 Å². The predicted octanol–water partition coefficient (Wildman–Crippen LogP) is 2.58. The monoisotopic (exact) mass is 286 g/mol. The van der Waals surface area contributed by atoms with Crippen molar-refractivity contribution in [3.8, 4) is 0 Å². The SMILES string of the molecule is OC[C@H](Cc1ccccc1)NC(=S)Nc1ccccc1. The highest BCUT2D eigenvalue weighted by atomic mass is 32.1. The molecule has 0 aromatic heterocycles. The van der Waals surface area contributed by atoms with Crippen molar-refractivity contribution >= 4 is 23.0 Å². The lowest BCUT2D eigenvalue weighted by atomic mass is 10.1. The largest absolute Gasteiger partial charge is 0.394 e. The van der Waals surface area contributed by atoms with Crippen molar-refractivity contribution in [2.45, 2.75) is 12.5 Å². The van der Waals surface area contributed by atoms with Gasteiger partial charge in [-0.25, -0.2) is 0 Å². The maximum Gasteiger partial charge on any atom is 0.171 e. The first kappa shape index (κ1) is 14.5. The van der Waals surface area contributed by atoms with Crippen LogP contribution in [0.25, 0.3) is 0 Å². The van der Waals surface area contributed by atoms with Crippen molar-refractivity contribution in [1.29, 1.82) is 0 Å². The molecule has 0 unspecified atom stereocenters. The molecule has 0 amide bonds. The molecule has 0 spiro atoms. The Balaban J connectivity index is 1.88. The summed E-state index contributed by atoms with van der Waals surface area (Å²) in [5.74, 6) is 0. The maximum absolute atomic E-state index is 9.45. The van der Waals surface area contributed by atoms with Crippen LogP contribution in [0, 0.1) is 0 Å². The fourth-order valence-corrected chi connectivity index (χ4v) is 2.22. The van der Waals surface area contributed by atoms with E-state index < -0.39 is 0 Å². The molecule has 0 aliphatic rings. The Morgan fingerprint density at radius 1 is 1.00 bits per heavy atom. The van der Waals surface area contributed by atoms with Crippen LogP contribution in [0.1, 0.15) is 5.56 Å². The normalized spacial score (nSPS) is 11.7. The van der Waals surface area contributed by atoms with Crippen molar-refractivity contribution in [2.75, 3.05) is 11.9 Å². The van der Waals surface area contributed by atoms with Gasteiger partial charge in [0, 0.05) is 5.69 Å². The van der Waals surface area contributed by atoms with E-state index in [-0.39, 0.29) is 12.6 Å². The molecule has 2 rings (SSSR count). The van der Waals surface area contributed by atoms with E-state index in [9.17, 15) is 5.11 Å². The molecule has 0 aliphatic carbocycles. The number of rotatable bonds is 5. The van der Waals surface area contributed by atoms with Gasteiger partial charge in [0.25, 0.3) is 0 Å². The second-order valence-corrected chi connectivity index (χ2v) is 4.94. The Hall–Kier alpha value is -1.91. The molecule has 0 radical (unpaired) electrons. The molecule has 0 aliphatic heterocycles. The molecular formula is C16H18N2OS. The highest BCUT2D eigenvalue weighted by molar-refractivity contribution is 7.80. The Kier molecular flexibility index (Phi) is 5.53. The summed E-state index contributed by atoms with van der Waals surface area (Å²) in [6, 6.07) is 19.7. The molecule has 2 aromatic rings. The summed E-state index contributed by atoms with van der Waals surface area (Å²) in [6.45, 7) is 0.0332. The zero-order valence-corrected chi connectivity index (χ0v) is 11.9. The number of nitrogens with one attached hydrogen (secondary N) is 2. The van der Waals surface area contributed by atoms with Crippen LogP contribution in [0.3, 0.4) is 0 Å². The molecule has 3 N–H and O–H groups in total. The fraction of sp³-hybridized carbons (Fsp3) is 0.188. The number of para-hydroxylation sites is 1. The number of aliphatic hydroxyl groups is 1. The van der Waals surface area contributed by atoms with Crippen LogP contribution in [0.2, 0.25) is 0 Å². The third-order valence-electron chi connectivity index (χ3n) is 2.91. The predicted molar refractivity (Wildman–Crippen MR) is 86.8 cm³/mol.